The topological polar surface area (TPSA) is 73.6 Å². The number of benzene rings is 1. The molecule has 2 rings (SSSR count). The smallest absolute Gasteiger partial charge is 0.407 e. The van der Waals surface area contributed by atoms with Crippen LogP contribution in [0.25, 0.3) is 0 Å². The molecule has 0 atom stereocenters. The Morgan fingerprint density at radius 3 is 2.89 bits per heavy atom. The van der Waals surface area contributed by atoms with E-state index in [1.54, 1.807) is 18.2 Å². The highest BCUT2D eigenvalue weighted by Crippen LogP contribution is 2.30. The predicted octanol–water partition coefficient (Wildman–Crippen LogP) is 2.21. The molecule has 1 N–H and O–H groups in total. The van der Waals surface area contributed by atoms with Crippen molar-refractivity contribution in [2.45, 2.75) is 26.0 Å². The SMILES string of the molecule is CC1(C)CN(C(=O)O)Cc2ccc(C#N)cc2O1. The number of carboxylic acid groups (broad SMARTS) is 1. The van der Waals surface area contributed by atoms with E-state index in [0.29, 0.717) is 17.9 Å². The fraction of sp³-hybridized carbons (Fsp3) is 0.385. The number of amides is 1. The summed E-state index contributed by atoms with van der Waals surface area (Å²) in [5.41, 5.74) is 0.674. The zero-order valence-corrected chi connectivity index (χ0v) is 10.3. The second kappa shape index (κ2) is 4.22. The van der Waals surface area contributed by atoms with Gasteiger partial charge in [-0.05, 0) is 26.0 Å². The Morgan fingerprint density at radius 2 is 2.28 bits per heavy atom. The van der Waals surface area contributed by atoms with Gasteiger partial charge >= 0.3 is 6.09 Å². The van der Waals surface area contributed by atoms with Crippen molar-refractivity contribution >= 4 is 6.09 Å². The van der Waals surface area contributed by atoms with Crippen LogP contribution in [0.3, 0.4) is 0 Å². The quantitative estimate of drug-likeness (QED) is 0.761. The molecule has 0 aromatic heterocycles. The Morgan fingerprint density at radius 1 is 1.56 bits per heavy atom. The first-order valence-electron chi connectivity index (χ1n) is 5.61. The molecule has 1 aromatic rings. The van der Waals surface area contributed by atoms with Gasteiger partial charge in [-0.25, -0.2) is 4.79 Å². The molecular formula is C13H14N2O3. The second-order valence-electron chi connectivity index (χ2n) is 4.93. The highest BCUT2D eigenvalue weighted by atomic mass is 16.5. The lowest BCUT2D eigenvalue weighted by atomic mass is 10.1. The van der Waals surface area contributed by atoms with E-state index in [0.717, 1.165) is 5.56 Å². The maximum absolute atomic E-state index is 11.1. The molecule has 0 spiro atoms. The van der Waals surface area contributed by atoms with Crippen LogP contribution in [-0.2, 0) is 6.54 Å². The minimum absolute atomic E-state index is 0.278. The van der Waals surface area contributed by atoms with Crippen molar-refractivity contribution in [3.63, 3.8) is 0 Å². The molecule has 1 heterocycles. The minimum atomic E-state index is -0.969. The summed E-state index contributed by atoms with van der Waals surface area (Å²) in [6.45, 7) is 4.23. The van der Waals surface area contributed by atoms with Crippen molar-refractivity contribution < 1.29 is 14.6 Å². The van der Waals surface area contributed by atoms with Crippen LogP contribution in [0.15, 0.2) is 18.2 Å². The fourth-order valence-electron chi connectivity index (χ4n) is 2.04. The number of rotatable bonds is 0. The van der Waals surface area contributed by atoms with E-state index >= 15 is 0 Å². The van der Waals surface area contributed by atoms with Gasteiger partial charge in [-0.3, -0.25) is 4.90 Å². The van der Waals surface area contributed by atoms with Crippen molar-refractivity contribution in [2.24, 2.45) is 0 Å². The summed E-state index contributed by atoms with van der Waals surface area (Å²) in [5.74, 6) is 0.586. The second-order valence-corrected chi connectivity index (χ2v) is 4.93. The molecule has 18 heavy (non-hydrogen) atoms. The van der Waals surface area contributed by atoms with Crippen molar-refractivity contribution in [1.82, 2.24) is 4.90 Å². The molecular weight excluding hydrogens is 232 g/mol. The van der Waals surface area contributed by atoms with Crippen LogP contribution in [-0.4, -0.2) is 28.2 Å². The van der Waals surface area contributed by atoms with Crippen molar-refractivity contribution in [3.8, 4) is 11.8 Å². The molecule has 5 nitrogen and oxygen atoms in total. The van der Waals surface area contributed by atoms with Crippen molar-refractivity contribution in [3.05, 3.63) is 29.3 Å². The van der Waals surface area contributed by atoms with Gasteiger partial charge in [0.2, 0.25) is 0 Å². The Bertz CT molecular complexity index is 532. The molecule has 0 bridgehead atoms. The number of nitriles is 1. The third kappa shape index (κ3) is 2.38. The van der Waals surface area contributed by atoms with Gasteiger partial charge in [0, 0.05) is 5.56 Å². The number of hydrogen-bond donors (Lipinski definition) is 1. The zero-order chi connectivity index (χ0) is 13.3. The molecule has 1 aromatic carbocycles. The molecule has 0 unspecified atom stereocenters. The van der Waals surface area contributed by atoms with Gasteiger partial charge < -0.3 is 9.84 Å². The normalized spacial score (nSPS) is 17.1. The van der Waals surface area contributed by atoms with E-state index in [9.17, 15) is 4.79 Å². The third-order valence-electron chi connectivity index (χ3n) is 2.79. The monoisotopic (exact) mass is 246 g/mol. The van der Waals surface area contributed by atoms with Gasteiger partial charge in [0.05, 0.1) is 24.7 Å². The summed E-state index contributed by atoms with van der Waals surface area (Å²) in [5, 5.41) is 18.0. The third-order valence-corrected chi connectivity index (χ3v) is 2.79. The van der Waals surface area contributed by atoms with E-state index in [1.165, 1.54) is 4.90 Å². The van der Waals surface area contributed by atoms with E-state index in [2.05, 4.69) is 0 Å². The zero-order valence-electron chi connectivity index (χ0n) is 10.3. The summed E-state index contributed by atoms with van der Waals surface area (Å²) < 4.78 is 5.81. The van der Waals surface area contributed by atoms with Gasteiger partial charge in [-0.1, -0.05) is 6.07 Å². The van der Waals surface area contributed by atoms with Gasteiger partial charge in [0.1, 0.15) is 11.4 Å². The molecule has 1 amide bonds. The lowest BCUT2D eigenvalue weighted by Crippen LogP contribution is -2.42. The van der Waals surface area contributed by atoms with Gasteiger partial charge in [-0.2, -0.15) is 5.26 Å². The summed E-state index contributed by atoms with van der Waals surface area (Å²) >= 11 is 0. The fourth-order valence-corrected chi connectivity index (χ4v) is 2.04. The van der Waals surface area contributed by atoms with E-state index in [-0.39, 0.29) is 6.54 Å². The highest BCUT2D eigenvalue weighted by molar-refractivity contribution is 5.65. The average Bonchev–Trinajstić information content (AvgIpc) is 2.42. The molecule has 94 valence electrons. The predicted molar refractivity (Wildman–Crippen MR) is 64.3 cm³/mol. The molecule has 0 fully saturated rings. The van der Waals surface area contributed by atoms with Crippen LogP contribution in [0.5, 0.6) is 5.75 Å². The van der Waals surface area contributed by atoms with Crippen LogP contribution < -0.4 is 4.74 Å². The van der Waals surface area contributed by atoms with Crippen molar-refractivity contribution in [1.29, 1.82) is 5.26 Å². The van der Waals surface area contributed by atoms with E-state index in [1.807, 2.05) is 19.9 Å². The number of nitrogens with zero attached hydrogens (tertiary/aromatic N) is 2. The first-order valence-corrected chi connectivity index (χ1v) is 5.61. The molecule has 1 aliphatic rings. The minimum Gasteiger partial charge on any atom is -0.486 e. The Balaban J connectivity index is 2.44. The molecule has 0 saturated carbocycles. The molecule has 0 aliphatic carbocycles. The van der Waals surface area contributed by atoms with Gasteiger partial charge in [0.25, 0.3) is 0 Å². The number of hydrogen-bond acceptors (Lipinski definition) is 3. The van der Waals surface area contributed by atoms with Gasteiger partial charge in [0.15, 0.2) is 0 Å². The van der Waals surface area contributed by atoms with E-state index < -0.39 is 11.7 Å². The maximum Gasteiger partial charge on any atom is 0.407 e. The first kappa shape index (κ1) is 12.2. The molecule has 5 heteroatoms. The summed E-state index contributed by atoms with van der Waals surface area (Å²) in [6.07, 6.45) is -0.969. The first-order chi connectivity index (χ1) is 8.41. The number of carbonyl (C=O) groups is 1. The summed E-state index contributed by atoms with van der Waals surface area (Å²) in [4.78, 5) is 12.5. The Kier molecular flexibility index (Phi) is 2.87. The lowest BCUT2D eigenvalue weighted by Gasteiger charge is -2.27. The van der Waals surface area contributed by atoms with Crippen LogP contribution >= 0.6 is 0 Å². The van der Waals surface area contributed by atoms with Crippen LogP contribution in [0, 0.1) is 11.3 Å². The maximum atomic E-state index is 11.1. The van der Waals surface area contributed by atoms with Crippen LogP contribution in [0.1, 0.15) is 25.0 Å². The van der Waals surface area contributed by atoms with Crippen molar-refractivity contribution in [2.75, 3.05) is 6.54 Å². The van der Waals surface area contributed by atoms with Gasteiger partial charge in [-0.15, -0.1) is 0 Å². The molecule has 0 saturated heterocycles. The lowest BCUT2D eigenvalue weighted by molar-refractivity contribution is 0.0671. The number of ether oxygens (including phenoxy) is 1. The number of fused-ring (bicyclic) bond motifs is 1. The largest absolute Gasteiger partial charge is 0.486 e. The Hall–Kier alpha value is -2.22. The Labute approximate surface area is 105 Å². The summed E-state index contributed by atoms with van der Waals surface area (Å²) in [7, 11) is 0. The molecule has 1 aliphatic heterocycles. The van der Waals surface area contributed by atoms with Crippen LogP contribution in [0.4, 0.5) is 4.79 Å². The van der Waals surface area contributed by atoms with Crippen LogP contribution in [0.2, 0.25) is 0 Å². The molecule has 0 radical (unpaired) electrons. The highest BCUT2D eigenvalue weighted by Gasteiger charge is 2.31. The summed E-state index contributed by atoms with van der Waals surface area (Å²) in [6, 6.07) is 7.11. The average molecular weight is 246 g/mol. The van der Waals surface area contributed by atoms with E-state index in [4.69, 9.17) is 15.1 Å². The standard InChI is InChI=1S/C13H14N2O3/c1-13(2)8-15(12(16)17)7-10-4-3-9(6-14)5-11(10)18-13/h3-5H,7-8H2,1-2H3,(H,16,17).